The van der Waals surface area contributed by atoms with Crippen LogP contribution in [0.4, 0.5) is 5.69 Å². The molecular weight excluding hydrogens is 478 g/mol. The molecule has 2 heterocycles. The second kappa shape index (κ2) is 12.3. The second-order valence-electron chi connectivity index (χ2n) is 9.82. The number of imidazole rings is 2. The summed E-state index contributed by atoms with van der Waals surface area (Å²) >= 11 is 0. The number of hydrogen-bond donors (Lipinski definition) is 3. The molecule has 9 nitrogen and oxygen atoms in total. The standard InChI is InChI=1S/C29H35N7O2/c1-20(2)36(21(3)4)17-22-6-5-7-25(16-22)34-28(37)23-8-10-24(11-9-23)29(38)35(18-26-30-12-13-31-26)19-27-32-14-15-33-27/h5-16,20-21H,17-19H2,1-4H3,(H,30,31)(H,32,33)(H,34,37). The van der Waals surface area contributed by atoms with E-state index in [-0.39, 0.29) is 11.8 Å². The van der Waals surface area contributed by atoms with Gasteiger partial charge in [-0.1, -0.05) is 12.1 Å². The molecule has 0 unspecified atom stereocenters. The Labute approximate surface area is 223 Å². The van der Waals surface area contributed by atoms with Gasteiger partial charge in [0, 0.05) is 60.2 Å². The zero-order valence-electron chi connectivity index (χ0n) is 22.3. The van der Waals surface area contributed by atoms with Crippen LogP contribution in [0.2, 0.25) is 0 Å². The molecule has 4 aromatic rings. The molecule has 3 N–H and O–H groups in total. The lowest BCUT2D eigenvalue weighted by atomic mass is 10.1. The smallest absolute Gasteiger partial charge is 0.255 e. The number of aromatic amines is 2. The first-order valence-electron chi connectivity index (χ1n) is 12.8. The molecule has 2 amide bonds. The van der Waals surface area contributed by atoms with Crippen LogP contribution in [-0.4, -0.2) is 53.6 Å². The molecule has 0 saturated heterocycles. The van der Waals surface area contributed by atoms with Crippen LogP contribution >= 0.6 is 0 Å². The zero-order valence-corrected chi connectivity index (χ0v) is 22.3. The summed E-state index contributed by atoms with van der Waals surface area (Å²) in [5, 5.41) is 2.98. The lowest BCUT2D eigenvalue weighted by Crippen LogP contribution is -2.36. The number of nitrogens with zero attached hydrogens (tertiary/aromatic N) is 4. The summed E-state index contributed by atoms with van der Waals surface area (Å²) in [6, 6.07) is 15.5. The van der Waals surface area contributed by atoms with E-state index in [0.29, 0.717) is 47.9 Å². The average molecular weight is 514 g/mol. The normalized spacial score (nSPS) is 11.3. The van der Waals surface area contributed by atoms with Crippen LogP contribution in [0.3, 0.4) is 0 Å². The Kier molecular flexibility index (Phi) is 8.70. The Hall–Kier alpha value is -4.24. The molecule has 0 aliphatic rings. The number of nitrogens with one attached hydrogen (secondary N) is 3. The van der Waals surface area contributed by atoms with E-state index in [9.17, 15) is 9.59 Å². The Balaban J connectivity index is 1.43. The highest BCUT2D eigenvalue weighted by atomic mass is 16.2. The Bertz CT molecular complexity index is 1270. The summed E-state index contributed by atoms with van der Waals surface area (Å²) in [4.78, 5) is 44.9. The molecule has 198 valence electrons. The van der Waals surface area contributed by atoms with Crippen LogP contribution in [0.5, 0.6) is 0 Å². The Morgan fingerprint density at radius 1 is 0.816 bits per heavy atom. The number of amides is 2. The quantitative estimate of drug-likeness (QED) is 0.266. The van der Waals surface area contributed by atoms with Crippen molar-refractivity contribution in [3.8, 4) is 0 Å². The van der Waals surface area contributed by atoms with E-state index in [2.05, 4.69) is 63.9 Å². The molecule has 0 bridgehead atoms. The summed E-state index contributed by atoms with van der Waals surface area (Å²) in [5.41, 5.74) is 2.83. The highest BCUT2D eigenvalue weighted by molar-refractivity contribution is 6.05. The lowest BCUT2D eigenvalue weighted by molar-refractivity contribution is 0.0721. The summed E-state index contributed by atoms with van der Waals surface area (Å²) in [6.45, 7) is 10.2. The molecule has 2 aromatic heterocycles. The summed E-state index contributed by atoms with van der Waals surface area (Å²) in [6.07, 6.45) is 6.74. The van der Waals surface area contributed by atoms with Gasteiger partial charge in [-0.05, 0) is 69.7 Å². The fourth-order valence-corrected chi connectivity index (χ4v) is 4.40. The van der Waals surface area contributed by atoms with E-state index < -0.39 is 0 Å². The Morgan fingerprint density at radius 2 is 1.39 bits per heavy atom. The van der Waals surface area contributed by atoms with Crippen LogP contribution in [0.15, 0.2) is 73.3 Å². The Morgan fingerprint density at radius 3 is 1.92 bits per heavy atom. The zero-order chi connectivity index (χ0) is 27.1. The van der Waals surface area contributed by atoms with Crippen molar-refractivity contribution in [2.75, 3.05) is 5.32 Å². The number of hydrogen-bond acceptors (Lipinski definition) is 5. The van der Waals surface area contributed by atoms with Gasteiger partial charge in [-0.15, -0.1) is 0 Å². The number of carbonyl (C=O) groups excluding carboxylic acids is 2. The maximum Gasteiger partial charge on any atom is 0.255 e. The van der Waals surface area contributed by atoms with Crippen molar-refractivity contribution >= 4 is 17.5 Å². The lowest BCUT2D eigenvalue weighted by Gasteiger charge is -2.30. The number of rotatable bonds is 11. The molecule has 0 spiro atoms. The topological polar surface area (TPSA) is 110 Å². The minimum Gasteiger partial charge on any atom is -0.347 e. The first-order chi connectivity index (χ1) is 18.3. The van der Waals surface area contributed by atoms with Gasteiger partial charge in [0.05, 0.1) is 13.1 Å². The molecule has 4 rings (SSSR count). The van der Waals surface area contributed by atoms with Gasteiger partial charge in [0.1, 0.15) is 11.6 Å². The average Bonchev–Trinajstić information content (AvgIpc) is 3.61. The molecule has 38 heavy (non-hydrogen) atoms. The fourth-order valence-electron chi connectivity index (χ4n) is 4.40. The van der Waals surface area contributed by atoms with Gasteiger partial charge in [-0.3, -0.25) is 14.5 Å². The fraction of sp³-hybridized carbons (Fsp3) is 0.310. The van der Waals surface area contributed by atoms with E-state index >= 15 is 0 Å². The maximum atomic E-state index is 13.3. The molecule has 0 aliphatic heterocycles. The van der Waals surface area contributed by atoms with Crippen molar-refractivity contribution in [3.63, 3.8) is 0 Å². The van der Waals surface area contributed by atoms with E-state index in [1.807, 2.05) is 18.2 Å². The number of aromatic nitrogens is 4. The van der Waals surface area contributed by atoms with Crippen molar-refractivity contribution < 1.29 is 9.59 Å². The molecular formula is C29H35N7O2. The van der Waals surface area contributed by atoms with Gasteiger partial charge < -0.3 is 20.2 Å². The highest BCUT2D eigenvalue weighted by Crippen LogP contribution is 2.18. The van der Waals surface area contributed by atoms with Crippen LogP contribution < -0.4 is 5.32 Å². The van der Waals surface area contributed by atoms with E-state index in [1.54, 1.807) is 54.0 Å². The summed E-state index contributed by atoms with van der Waals surface area (Å²) in [5.74, 6) is 0.937. The summed E-state index contributed by atoms with van der Waals surface area (Å²) in [7, 11) is 0. The van der Waals surface area contributed by atoms with Crippen molar-refractivity contribution in [2.45, 2.75) is 59.4 Å². The molecule has 0 aliphatic carbocycles. The minimum atomic E-state index is -0.228. The van der Waals surface area contributed by atoms with E-state index in [0.717, 1.165) is 17.8 Å². The van der Waals surface area contributed by atoms with Crippen molar-refractivity contribution in [1.29, 1.82) is 0 Å². The van der Waals surface area contributed by atoms with Crippen molar-refractivity contribution in [3.05, 3.63) is 102 Å². The van der Waals surface area contributed by atoms with Gasteiger partial charge in [-0.2, -0.15) is 0 Å². The first kappa shape index (κ1) is 26.8. The molecule has 0 fully saturated rings. The van der Waals surface area contributed by atoms with Crippen molar-refractivity contribution in [2.24, 2.45) is 0 Å². The molecule has 9 heteroatoms. The minimum absolute atomic E-state index is 0.183. The van der Waals surface area contributed by atoms with Crippen LogP contribution in [-0.2, 0) is 19.6 Å². The number of anilines is 1. The third kappa shape index (κ3) is 6.95. The third-order valence-corrected chi connectivity index (χ3v) is 6.35. The van der Waals surface area contributed by atoms with Crippen LogP contribution in [0, 0.1) is 0 Å². The van der Waals surface area contributed by atoms with E-state index in [1.165, 1.54) is 0 Å². The van der Waals surface area contributed by atoms with Crippen molar-refractivity contribution in [1.82, 2.24) is 29.7 Å². The maximum absolute atomic E-state index is 13.3. The van der Waals surface area contributed by atoms with Gasteiger partial charge >= 0.3 is 0 Å². The monoisotopic (exact) mass is 513 g/mol. The number of carbonyl (C=O) groups is 2. The van der Waals surface area contributed by atoms with Gasteiger partial charge in [0.25, 0.3) is 11.8 Å². The molecule has 2 aromatic carbocycles. The number of benzene rings is 2. The van der Waals surface area contributed by atoms with Crippen LogP contribution in [0.1, 0.15) is 65.6 Å². The third-order valence-electron chi connectivity index (χ3n) is 6.35. The van der Waals surface area contributed by atoms with Crippen LogP contribution in [0.25, 0.3) is 0 Å². The summed E-state index contributed by atoms with van der Waals surface area (Å²) < 4.78 is 0. The predicted molar refractivity (Wildman–Crippen MR) is 147 cm³/mol. The SMILES string of the molecule is CC(C)N(Cc1cccc(NC(=O)c2ccc(C(=O)N(Cc3ncc[nH]3)Cc3ncc[nH]3)cc2)c1)C(C)C. The van der Waals surface area contributed by atoms with Gasteiger partial charge in [0.15, 0.2) is 0 Å². The largest absolute Gasteiger partial charge is 0.347 e. The molecule has 0 radical (unpaired) electrons. The highest BCUT2D eigenvalue weighted by Gasteiger charge is 2.20. The molecule has 0 saturated carbocycles. The molecule has 0 atom stereocenters. The van der Waals surface area contributed by atoms with Gasteiger partial charge in [0.2, 0.25) is 0 Å². The first-order valence-corrected chi connectivity index (χ1v) is 12.8. The second-order valence-corrected chi connectivity index (χ2v) is 9.82. The van der Waals surface area contributed by atoms with Gasteiger partial charge in [-0.25, -0.2) is 9.97 Å². The number of H-pyrrole nitrogens is 2. The van der Waals surface area contributed by atoms with E-state index in [4.69, 9.17) is 0 Å². The predicted octanol–water partition coefficient (Wildman–Crippen LogP) is 4.85.